The summed E-state index contributed by atoms with van der Waals surface area (Å²) in [5.74, 6) is 0.113. The van der Waals surface area contributed by atoms with Gasteiger partial charge in [0.05, 0.1) is 11.5 Å². The molecular weight excluding hydrogens is 324 g/mol. The summed E-state index contributed by atoms with van der Waals surface area (Å²) in [4.78, 5) is 29.2. The van der Waals surface area contributed by atoms with E-state index in [-0.39, 0.29) is 23.3 Å². The maximum atomic E-state index is 13.6. The number of carbonyl (C=O) groups excluding carboxylic acids is 2. The molecule has 1 spiro atoms. The molecule has 0 saturated heterocycles. The second-order valence-electron chi connectivity index (χ2n) is 8.73. The molecule has 2 amide bonds. The fraction of sp³-hybridized carbons (Fsp3) is 0.636. The lowest BCUT2D eigenvalue weighted by atomic mass is 9.70. The highest BCUT2D eigenvalue weighted by Crippen LogP contribution is 2.52. The molecule has 1 aliphatic heterocycles. The van der Waals surface area contributed by atoms with Gasteiger partial charge in [-0.1, -0.05) is 43.9 Å². The number of rotatable bonds is 3. The first-order chi connectivity index (χ1) is 12.7. The summed E-state index contributed by atoms with van der Waals surface area (Å²) in [5.41, 5.74) is 1.42. The molecule has 1 aromatic carbocycles. The van der Waals surface area contributed by atoms with Crippen molar-refractivity contribution in [1.82, 2.24) is 10.2 Å². The van der Waals surface area contributed by atoms with Crippen LogP contribution < -0.4 is 5.32 Å². The Morgan fingerprint density at radius 2 is 1.69 bits per heavy atom. The fourth-order valence-electron chi connectivity index (χ4n) is 5.81. The van der Waals surface area contributed by atoms with E-state index in [4.69, 9.17) is 0 Å². The van der Waals surface area contributed by atoms with Gasteiger partial charge >= 0.3 is 0 Å². The summed E-state index contributed by atoms with van der Waals surface area (Å²) in [5, 5.41) is 3.26. The molecule has 0 bridgehead atoms. The van der Waals surface area contributed by atoms with E-state index in [2.05, 4.69) is 10.2 Å². The van der Waals surface area contributed by atoms with Gasteiger partial charge in [-0.05, 0) is 50.2 Å². The number of fused-ring (bicyclic) bond motifs is 1. The predicted molar refractivity (Wildman–Crippen MR) is 100.0 cm³/mol. The van der Waals surface area contributed by atoms with Crippen molar-refractivity contribution in [2.24, 2.45) is 0 Å². The number of nitrogens with zero attached hydrogens (tertiary/aromatic N) is 1. The summed E-state index contributed by atoms with van der Waals surface area (Å²) < 4.78 is 0. The topological polar surface area (TPSA) is 49.4 Å². The third-order valence-electron chi connectivity index (χ3n) is 7.08. The Labute approximate surface area is 155 Å². The van der Waals surface area contributed by atoms with E-state index < -0.39 is 0 Å². The van der Waals surface area contributed by atoms with E-state index in [0.717, 1.165) is 62.5 Å². The summed E-state index contributed by atoms with van der Waals surface area (Å²) >= 11 is 0. The van der Waals surface area contributed by atoms with Gasteiger partial charge in [0.1, 0.15) is 0 Å². The SMILES string of the molecule is O=C(NC1CC1)[C@H]1c2ccccc2C(=O)N(C2CCCC2)C12CCCC2. The van der Waals surface area contributed by atoms with Crippen LogP contribution in [0.3, 0.4) is 0 Å². The smallest absolute Gasteiger partial charge is 0.254 e. The van der Waals surface area contributed by atoms with Gasteiger partial charge in [-0.2, -0.15) is 0 Å². The fourth-order valence-corrected chi connectivity index (χ4v) is 5.81. The zero-order valence-electron chi connectivity index (χ0n) is 15.4. The molecule has 1 heterocycles. The second kappa shape index (κ2) is 6.11. The van der Waals surface area contributed by atoms with Gasteiger partial charge < -0.3 is 10.2 Å². The molecule has 3 aliphatic carbocycles. The van der Waals surface area contributed by atoms with Crippen LogP contribution >= 0.6 is 0 Å². The van der Waals surface area contributed by atoms with Crippen LogP contribution in [0.1, 0.15) is 86.0 Å². The summed E-state index contributed by atoms with van der Waals surface area (Å²) in [6.07, 6.45) is 10.9. The van der Waals surface area contributed by atoms with Crippen molar-refractivity contribution in [2.75, 3.05) is 0 Å². The first kappa shape index (κ1) is 16.3. The van der Waals surface area contributed by atoms with Crippen molar-refractivity contribution in [3.8, 4) is 0 Å². The van der Waals surface area contributed by atoms with Crippen LogP contribution in [0.4, 0.5) is 0 Å². The molecule has 138 valence electrons. The molecule has 5 rings (SSSR count). The van der Waals surface area contributed by atoms with Crippen molar-refractivity contribution < 1.29 is 9.59 Å². The molecule has 0 radical (unpaired) electrons. The summed E-state index contributed by atoms with van der Waals surface area (Å²) in [6, 6.07) is 8.54. The largest absolute Gasteiger partial charge is 0.353 e. The van der Waals surface area contributed by atoms with Gasteiger partial charge in [0, 0.05) is 17.6 Å². The van der Waals surface area contributed by atoms with Crippen molar-refractivity contribution in [3.63, 3.8) is 0 Å². The minimum atomic E-state index is -0.306. The van der Waals surface area contributed by atoms with Gasteiger partial charge in [0.15, 0.2) is 0 Å². The molecule has 4 heteroatoms. The summed E-state index contributed by atoms with van der Waals surface area (Å²) in [7, 11) is 0. The van der Waals surface area contributed by atoms with E-state index >= 15 is 0 Å². The van der Waals surface area contributed by atoms with E-state index in [1.54, 1.807) is 0 Å². The van der Waals surface area contributed by atoms with Gasteiger partial charge in [-0.15, -0.1) is 0 Å². The number of nitrogens with one attached hydrogen (secondary N) is 1. The number of benzene rings is 1. The van der Waals surface area contributed by atoms with Crippen molar-refractivity contribution in [3.05, 3.63) is 35.4 Å². The highest BCUT2D eigenvalue weighted by Gasteiger charge is 2.57. The van der Waals surface area contributed by atoms with Crippen LogP contribution in [0.2, 0.25) is 0 Å². The molecular formula is C22H28N2O2. The molecule has 0 aromatic heterocycles. The summed E-state index contributed by atoms with van der Waals surface area (Å²) in [6.45, 7) is 0. The monoisotopic (exact) mass is 352 g/mol. The molecule has 4 nitrogen and oxygen atoms in total. The standard InChI is InChI=1S/C22H28N2O2/c25-20(23-15-11-12-15)19-17-9-3-4-10-18(17)21(26)24(16-7-1-2-8-16)22(19)13-5-6-14-22/h3-4,9-10,15-16,19H,1-2,5-8,11-14H2,(H,23,25)/t19-/m1/s1. The molecule has 1 atom stereocenters. The molecule has 1 aromatic rings. The van der Waals surface area contributed by atoms with E-state index in [9.17, 15) is 9.59 Å². The predicted octanol–water partition coefficient (Wildman–Crippen LogP) is 3.76. The van der Waals surface area contributed by atoms with Crippen molar-refractivity contribution in [1.29, 1.82) is 0 Å². The Kier molecular flexibility index (Phi) is 3.84. The molecule has 3 saturated carbocycles. The van der Waals surface area contributed by atoms with Crippen LogP contribution in [-0.4, -0.2) is 34.3 Å². The lowest BCUT2D eigenvalue weighted by molar-refractivity contribution is -0.127. The zero-order valence-corrected chi connectivity index (χ0v) is 15.4. The number of hydrogen-bond acceptors (Lipinski definition) is 2. The number of carbonyl (C=O) groups is 2. The normalized spacial score (nSPS) is 27.8. The van der Waals surface area contributed by atoms with E-state index in [1.165, 1.54) is 12.8 Å². The third-order valence-corrected chi connectivity index (χ3v) is 7.08. The van der Waals surface area contributed by atoms with Crippen LogP contribution in [0.25, 0.3) is 0 Å². The van der Waals surface area contributed by atoms with Crippen LogP contribution in [0.5, 0.6) is 0 Å². The third kappa shape index (κ3) is 2.41. The molecule has 4 aliphatic rings. The average molecular weight is 352 g/mol. The van der Waals surface area contributed by atoms with Crippen LogP contribution in [-0.2, 0) is 4.79 Å². The lowest BCUT2D eigenvalue weighted by Gasteiger charge is -2.52. The zero-order chi connectivity index (χ0) is 17.7. The number of hydrogen-bond donors (Lipinski definition) is 1. The Hall–Kier alpha value is -1.84. The van der Waals surface area contributed by atoms with Gasteiger partial charge in [-0.3, -0.25) is 9.59 Å². The highest BCUT2D eigenvalue weighted by atomic mass is 16.2. The molecule has 3 fully saturated rings. The van der Waals surface area contributed by atoms with Gasteiger partial charge in [0.25, 0.3) is 5.91 Å². The van der Waals surface area contributed by atoms with Crippen LogP contribution in [0, 0.1) is 0 Å². The van der Waals surface area contributed by atoms with Gasteiger partial charge in [0.2, 0.25) is 5.91 Å². The van der Waals surface area contributed by atoms with Crippen LogP contribution in [0.15, 0.2) is 24.3 Å². The Morgan fingerprint density at radius 1 is 1.00 bits per heavy atom. The maximum absolute atomic E-state index is 13.6. The molecule has 26 heavy (non-hydrogen) atoms. The average Bonchev–Trinajstić information content (AvgIpc) is 3.10. The Bertz CT molecular complexity index is 727. The van der Waals surface area contributed by atoms with Crippen molar-refractivity contribution in [2.45, 2.75) is 87.7 Å². The lowest BCUT2D eigenvalue weighted by Crippen LogP contribution is -2.63. The number of amides is 2. The quantitative estimate of drug-likeness (QED) is 0.900. The highest BCUT2D eigenvalue weighted by molar-refractivity contribution is 6.02. The van der Waals surface area contributed by atoms with Gasteiger partial charge in [-0.25, -0.2) is 0 Å². The Balaban J connectivity index is 1.64. The first-order valence-corrected chi connectivity index (χ1v) is 10.4. The maximum Gasteiger partial charge on any atom is 0.254 e. The minimum Gasteiger partial charge on any atom is -0.353 e. The minimum absolute atomic E-state index is 0.150. The van der Waals surface area contributed by atoms with E-state index in [0.29, 0.717) is 12.1 Å². The van der Waals surface area contributed by atoms with Crippen molar-refractivity contribution >= 4 is 11.8 Å². The first-order valence-electron chi connectivity index (χ1n) is 10.4. The molecule has 1 N–H and O–H groups in total. The second-order valence-corrected chi connectivity index (χ2v) is 8.73. The van der Waals surface area contributed by atoms with E-state index in [1.807, 2.05) is 24.3 Å². The Morgan fingerprint density at radius 3 is 2.38 bits per heavy atom. The molecule has 0 unspecified atom stereocenters.